The highest BCUT2D eigenvalue weighted by atomic mass is 19.1. The minimum atomic E-state index is -0.533. The summed E-state index contributed by atoms with van der Waals surface area (Å²) in [6, 6.07) is 4.52. The monoisotopic (exact) mass is 224 g/mol. The van der Waals surface area contributed by atoms with Gasteiger partial charge in [-0.2, -0.15) is 0 Å². The van der Waals surface area contributed by atoms with Crippen molar-refractivity contribution in [2.24, 2.45) is 5.73 Å². The van der Waals surface area contributed by atoms with Crippen LogP contribution in [0.5, 0.6) is 0 Å². The number of benzene rings is 1. The molecule has 0 unspecified atom stereocenters. The number of hydrogen-bond donors (Lipinski definition) is 2. The van der Waals surface area contributed by atoms with Gasteiger partial charge in [0.25, 0.3) is 5.91 Å². The third-order valence-electron chi connectivity index (χ3n) is 2.33. The van der Waals surface area contributed by atoms with E-state index in [1.807, 2.05) is 0 Å². The molecule has 0 saturated carbocycles. The van der Waals surface area contributed by atoms with E-state index in [-0.39, 0.29) is 5.56 Å². The first-order valence-electron chi connectivity index (χ1n) is 5.14. The van der Waals surface area contributed by atoms with E-state index in [9.17, 15) is 9.18 Å². The lowest BCUT2D eigenvalue weighted by Crippen LogP contribution is -2.49. The largest absolute Gasteiger partial charge is 0.346 e. The molecule has 0 aromatic heterocycles. The van der Waals surface area contributed by atoms with E-state index >= 15 is 0 Å². The molecule has 4 heteroatoms. The van der Waals surface area contributed by atoms with Crippen molar-refractivity contribution < 1.29 is 9.18 Å². The number of amides is 1. The van der Waals surface area contributed by atoms with Gasteiger partial charge in [-0.25, -0.2) is 4.39 Å². The third-order valence-corrected chi connectivity index (χ3v) is 2.33. The Balaban J connectivity index is 2.89. The smallest absolute Gasteiger partial charge is 0.254 e. The number of aryl methyl sites for hydroxylation is 1. The molecular formula is C12H17FN2O. The van der Waals surface area contributed by atoms with Crippen LogP contribution >= 0.6 is 0 Å². The van der Waals surface area contributed by atoms with Gasteiger partial charge in [0.15, 0.2) is 0 Å². The van der Waals surface area contributed by atoms with Gasteiger partial charge in [0, 0.05) is 12.1 Å². The van der Waals surface area contributed by atoms with Gasteiger partial charge in [-0.1, -0.05) is 6.07 Å². The Morgan fingerprint density at radius 2 is 2.12 bits per heavy atom. The summed E-state index contributed by atoms with van der Waals surface area (Å²) in [5, 5.41) is 2.68. The number of rotatable bonds is 3. The van der Waals surface area contributed by atoms with E-state index in [1.54, 1.807) is 26.8 Å². The van der Waals surface area contributed by atoms with Gasteiger partial charge in [-0.05, 0) is 38.5 Å². The van der Waals surface area contributed by atoms with Gasteiger partial charge in [0.05, 0.1) is 5.56 Å². The standard InChI is InChI=1S/C12H17FN2O/c1-8-4-5-9(10(13)6-8)11(16)15-12(2,3)7-14/h4-6H,7,14H2,1-3H3,(H,15,16). The minimum absolute atomic E-state index is 0.0483. The van der Waals surface area contributed by atoms with Crippen LogP contribution in [0.15, 0.2) is 18.2 Å². The molecule has 0 aliphatic rings. The van der Waals surface area contributed by atoms with Crippen molar-refractivity contribution in [1.29, 1.82) is 0 Å². The molecule has 88 valence electrons. The maximum Gasteiger partial charge on any atom is 0.254 e. The number of carbonyl (C=O) groups is 1. The predicted octanol–water partition coefficient (Wildman–Crippen LogP) is 1.60. The molecule has 0 radical (unpaired) electrons. The maximum absolute atomic E-state index is 13.5. The highest BCUT2D eigenvalue weighted by Crippen LogP contribution is 2.11. The molecule has 3 N–H and O–H groups in total. The molecule has 3 nitrogen and oxygen atoms in total. The summed E-state index contributed by atoms with van der Waals surface area (Å²) in [5.41, 5.74) is 5.79. The molecule has 0 spiro atoms. The Bertz CT molecular complexity index is 402. The SMILES string of the molecule is Cc1ccc(C(=O)NC(C)(C)CN)c(F)c1. The second-order valence-electron chi connectivity index (χ2n) is 4.53. The second-order valence-corrected chi connectivity index (χ2v) is 4.53. The summed E-state index contributed by atoms with van der Waals surface area (Å²) in [5.74, 6) is -0.946. The summed E-state index contributed by atoms with van der Waals surface area (Å²) >= 11 is 0. The van der Waals surface area contributed by atoms with Crippen LogP contribution in [-0.2, 0) is 0 Å². The summed E-state index contributed by atoms with van der Waals surface area (Å²) < 4.78 is 13.5. The van der Waals surface area contributed by atoms with Crippen LogP contribution < -0.4 is 11.1 Å². The van der Waals surface area contributed by atoms with E-state index in [1.165, 1.54) is 12.1 Å². The maximum atomic E-state index is 13.5. The molecule has 0 saturated heterocycles. The Morgan fingerprint density at radius 3 is 2.62 bits per heavy atom. The molecule has 1 aromatic carbocycles. The van der Waals surface area contributed by atoms with E-state index < -0.39 is 17.3 Å². The van der Waals surface area contributed by atoms with Gasteiger partial charge >= 0.3 is 0 Å². The molecule has 1 aromatic rings. The quantitative estimate of drug-likeness (QED) is 0.819. The van der Waals surface area contributed by atoms with Gasteiger partial charge in [0.2, 0.25) is 0 Å². The van der Waals surface area contributed by atoms with Crippen molar-refractivity contribution in [3.8, 4) is 0 Å². The van der Waals surface area contributed by atoms with Crippen molar-refractivity contribution in [1.82, 2.24) is 5.32 Å². The van der Waals surface area contributed by atoms with Crippen molar-refractivity contribution in [2.75, 3.05) is 6.54 Å². The average molecular weight is 224 g/mol. The van der Waals surface area contributed by atoms with Crippen molar-refractivity contribution in [2.45, 2.75) is 26.3 Å². The molecule has 0 bridgehead atoms. The Hall–Kier alpha value is -1.42. The predicted molar refractivity (Wildman–Crippen MR) is 61.7 cm³/mol. The lowest BCUT2D eigenvalue weighted by molar-refractivity contribution is 0.0911. The van der Waals surface area contributed by atoms with Crippen LogP contribution in [0.3, 0.4) is 0 Å². The van der Waals surface area contributed by atoms with Crippen LogP contribution in [0, 0.1) is 12.7 Å². The number of halogens is 1. The van der Waals surface area contributed by atoms with Gasteiger partial charge in [-0.15, -0.1) is 0 Å². The van der Waals surface area contributed by atoms with E-state index in [0.717, 1.165) is 5.56 Å². The van der Waals surface area contributed by atoms with Crippen molar-refractivity contribution in [3.05, 3.63) is 35.1 Å². The van der Waals surface area contributed by atoms with Crippen LogP contribution in [0.1, 0.15) is 29.8 Å². The number of hydrogen-bond acceptors (Lipinski definition) is 2. The van der Waals surface area contributed by atoms with Gasteiger partial charge in [0.1, 0.15) is 5.82 Å². The lowest BCUT2D eigenvalue weighted by atomic mass is 10.0. The van der Waals surface area contributed by atoms with Crippen LogP contribution in [0.2, 0.25) is 0 Å². The molecule has 16 heavy (non-hydrogen) atoms. The van der Waals surface area contributed by atoms with Crippen LogP contribution in [0.4, 0.5) is 4.39 Å². The van der Waals surface area contributed by atoms with Crippen molar-refractivity contribution >= 4 is 5.91 Å². The zero-order valence-corrected chi connectivity index (χ0v) is 9.80. The molecular weight excluding hydrogens is 207 g/mol. The highest BCUT2D eigenvalue weighted by Gasteiger charge is 2.21. The van der Waals surface area contributed by atoms with E-state index in [4.69, 9.17) is 5.73 Å². The lowest BCUT2D eigenvalue weighted by Gasteiger charge is -2.24. The molecule has 1 amide bonds. The Kier molecular flexibility index (Phi) is 3.65. The summed E-state index contributed by atoms with van der Waals surface area (Å²) in [4.78, 5) is 11.7. The zero-order valence-electron chi connectivity index (χ0n) is 9.80. The molecule has 0 fully saturated rings. The molecule has 0 atom stereocenters. The Labute approximate surface area is 94.8 Å². The number of carbonyl (C=O) groups excluding carboxylic acids is 1. The molecule has 1 rings (SSSR count). The first-order valence-corrected chi connectivity index (χ1v) is 5.14. The topological polar surface area (TPSA) is 55.1 Å². The fourth-order valence-corrected chi connectivity index (χ4v) is 1.23. The Morgan fingerprint density at radius 1 is 1.50 bits per heavy atom. The fourth-order valence-electron chi connectivity index (χ4n) is 1.23. The zero-order chi connectivity index (χ0) is 12.3. The van der Waals surface area contributed by atoms with Crippen molar-refractivity contribution in [3.63, 3.8) is 0 Å². The number of nitrogens with one attached hydrogen (secondary N) is 1. The fraction of sp³-hybridized carbons (Fsp3) is 0.417. The van der Waals surface area contributed by atoms with Crippen LogP contribution in [-0.4, -0.2) is 18.0 Å². The highest BCUT2D eigenvalue weighted by molar-refractivity contribution is 5.95. The van der Waals surface area contributed by atoms with E-state index in [0.29, 0.717) is 6.54 Å². The first kappa shape index (κ1) is 12.6. The summed E-state index contributed by atoms with van der Waals surface area (Å²) in [6.07, 6.45) is 0. The average Bonchev–Trinajstić information content (AvgIpc) is 2.16. The summed E-state index contributed by atoms with van der Waals surface area (Å²) in [7, 11) is 0. The van der Waals surface area contributed by atoms with Crippen LogP contribution in [0.25, 0.3) is 0 Å². The third kappa shape index (κ3) is 3.03. The van der Waals surface area contributed by atoms with E-state index in [2.05, 4.69) is 5.32 Å². The normalized spacial score (nSPS) is 11.3. The minimum Gasteiger partial charge on any atom is -0.346 e. The molecule has 0 heterocycles. The summed E-state index contributed by atoms with van der Waals surface area (Å²) in [6.45, 7) is 5.65. The molecule has 0 aliphatic carbocycles. The molecule has 0 aliphatic heterocycles. The van der Waals surface area contributed by atoms with Gasteiger partial charge in [-0.3, -0.25) is 4.79 Å². The second kappa shape index (κ2) is 4.61. The van der Waals surface area contributed by atoms with Gasteiger partial charge < -0.3 is 11.1 Å². The first-order chi connectivity index (χ1) is 7.35. The number of nitrogens with two attached hydrogens (primary N) is 1.